The number of aromatic nitrogens is 1. The molecule has 0 aliphatic carbocycles. The van der Waals surface area contributed by atoms with Crippen molar-refractivity contribution in [2.75, 3.05) is 13.6 Å². The fourth-order valence-corrected chi connectivity index (χ4v) is 8.95. The average Bonchev–Trinajstić information content (AvgIpc) is 2.92. The van der Waals surface area contributed by atoms with Crippen LogP contribution in [0.1, 0.15) is 0 Å². The Morgan fingerprint density at radius 3 is 2.77 bits per heavy atom. The van der Waals surface area contributed by atoms with Gasteiger partial charge in [0.2, 0.25) is 0 Å². The molecule has 1 aromatic heterocycles. The van der Waals surface area contributed by atoms with Crippen LogP contribution in [0, 0.1) is 3.57 Å². The minimum absolute atomic E-state index is 0.362. The molecule has 0 aliphatic rings. The predicted octanol–water partition coefficient (Wildman–Crippen LogP) is 4.08. The molecule has 3 rings (SSSR count). The third-order valence-electron chi connectivity index (χ3n) is 3.37. The summed E-state index contributed by atoms with van der Waals surface area (Å²) in [6, 6.07) is 18.8. The van der Waals surface area contributed by atoms with E-state index in [0.29, 0.717) is 6.54 Å². The number of aliphatic hydroxyl groups is 1. The summed E-state index contributed by atoms with van der Waals surface area (Å²) < 4.78 is 4.24. The van der Waals surface area contributed by atoms with Gasteiger partial charge >= 0.3 is 147 Å². The second kappa shape index (κ2) is 7.12. The van der Waals surface area contributed by atoms with E-state index >= 15 is 0 Å². The van der Waals surface area contributed by atoms with Crippen molar-refractivity contribution in [1.29, 1.82) is 0 Å². The van der Waals surface area contributed by atoms with Gasteiger partial charge in [0.15, 0.2) is 0 Å². The van der Waals surface area contributed by atoms with Crippen molar-refractivity contribution in [1.82, 2.24) is 8.10 Å². The molecular weight excluding hydrogens is 455 g/mol. The molecule has 5 heteroatoms. The van der Waals surface area contributed by atoms with E-state index in [1.165, 1.54) is 14.5 Å². The van der Waals surface area contributed by atoms with Crippen LogP contribution in [0.25, 0.3) is 10.9 Å². The maximum atomic E-state index is 10.8. The van der Waals surface area contributed by atoms with Crippen LogP contribution >= 0.6 is 36.0 Å². The number of nitrogens with one attached hydrogen (secondary N) is 1. The molecule has 0 bridgehead atoms. The number of hydrogen-bond acceptors (Lipinski definition) is 2. The van der Waals surface area contributed by atoms with Gasteiger partial charge in [0, 0.05) is 0 Å². The number of benzene rings is 2. The second-order valence-electron chi connectivity index (χ2n) is 4.91. The van der Waals surface area contributed by atoms with Gasteiger partial charge in [-0.05, 0) is 0 Å². The molecule has 0 amide bonds. The summed E-state index contributed by atoms with van der Waals surface area (Å²) >= 11 is 1.52. The predicted molar refractivity (Wildman–Crippen MR) is 104 cm³/mol. The maximum absolute atomic E-state index is 10.8. The molecular formula is C17H18BrIN2O. The Hall–Kier alpha value is -0.890. The van der Waals surface area contributed by atoms with Crippen LogP contribution in [0.2, 0.25) is 0 Å². The summed E-state index contributed by atoms with van der Waals surface area (Å²) in [5, 5.41) is 15.1. The number of rotatable bonds is 5. The van der Waals surface area contributed by atoms with Gasteiger partial charge in [-0.15, -0.1) is 0 Å². The molecule has 0 fully saturated rings. The Labute approximate surface area is 146 Å². The standard InChI is InChI=1S/C17H18BrIN2O/c1-20-12-17(22)19(15-7-4-6-14(18)11-15)21-10-9-13-5-2-3-8-16(13)21/h2-11,17,20,22H,12H2,1H3/t17-/m1/s1. The van der Waals surface area contributed by atoms with E-state index in [9.17, 15) is 5.11 Å². The molecule has 0 unspecified atom stereocenters. The van der Waals surface area contributed by atoms with Crippen molar-refractivity contribution in [3.63, 3.8) is 0 Å². The minimum atomic E-state index is -2.03. The molecule has 116 valence electrons. The van der Waals surface area contributed by atoms with Crippen LogP contribution < -0.4 is 5.32 Å². The monoisotopic (exact) mass is 472 g/mol. The first-order valence-corrected chi connectivity index (χ1v) is 11.1. The van der Waals surface area contributed by atoms with E-state index in [1.807, 2.05) is 25.2 Å². The quantitative estimate of drug-likeness (QED) is 0.433. The normalized spacial score (nSPS) is 13.3. The number of likely N-dealkylation sites (N-methyl/N-ethyl adjacent to an activating group) is 1. The zero-order valence-corrected chi connectivity index (χ0v) is 16.0. The fraction of sp³-hybridized carbons (Fsp3) is 0.176. The summed E-state index contributed by atoms with van der Waals surface area (Å²) in [7, 11) is 1.88. The van der Waals surface area contributed by atoms with Crippen LogP contribution in [0.15, 0.2) is 65.3 Å². The van der Waals surface area contributed by atoms with Gasteiger partial charge in [-0.3, -0.25) is 0 Å². The molecule has 3 aromatic rings. The number of fused-ring (bicyclic) bond motifs is 1. The van der Waals surface area contributed by atoms with Gasteiger partial charge in [-0.2, -0.15) is 0 Å². The summed E-state index contributed by atoms with van der Waals surface area (Å²) in [6.07, 6.45) is 2.12. The Morgan fingerprint density at radius 1 is 1.18 bits per heavy atom. The zero-order valence-electron chi connectivity index (χ0n) is 12.2. The van der Waals surface area contributed by atoms with Crippen LogP contribution in [-0.2, 0) is 0 Å². The first-order valence-electron chi connectivity index (χ1n) is 7.04. The number of para-hydroxylation sites is 1. The average molecular weight is 473 g/mol. The van der Waals surface area contributed by atoms with E-state index in [4.69, 9.17) is 0 Å². The van der Waals surface area contributed by atoms with Crippen molar-refractivity contribution in [2.24, 2.45) is 0 Å². The van der Waals surface area contributed by atoms with E-state index in [-0.39, 0.29) is 4.11 Å². The molecule has 0 saturated heterocycles. The van der Waals surface area contributed by atoms with E-state index in [1.54, 1.807) is 0 Å². The summed E-state index contributed by atoms with van der Waals surface area (Å²) in [5.41, 5.74) is 1.20. The molecule has 0 spiro atoms. The molecule has 1 atom stereocenters. The van der Waals surface area contributed by atoms with Crippen molar-refractivity contribution >= 4 is 46.9 Å². The van der Waals surface area contributed by atoms with Crippen molar-refractivity contribution in [2.45, 2.75) is 4.11 Å². The fourth-order valence-electron chi connectivity index (χ4n) is 2.40. The summed E-state index contributed by atoms with van der Waals surface area (Å²) in [5.74, 6) is 0. The van der Waals surface area contributed by atoms with E-state index < -0.39 is 20.1 Å². The Morgan fingerprint density at radius 2 is 2.00 bits per heavy atom. The van der Waals surface area contributed by atoms with Crippen LogP contribution in [0.3, 0.4) is 0 Å². The molecule has 0 radical (unpaired) electrons. The van der Waals surface area contributed by atoms with Gasteiger partial charge < -0.3 is 0 Å². The van der Waals surface area contributed by atoms with E-state index in [2.05, 4.69) is 66.6 Å². The first-order chi connectivity index (χ1) is 10.7. The van der Waals surface area contributed by atoms with Gasteiger partial charge in [0.05, 0.1) is 0 Å². The van der Waals surface area contributed by atoms with E-state index in [0.717, 1.165) is 4.47 Å². The van der Waals surface area contributed by atoms with Crippen molar-refractivity contribution in [3.05, 3.63) is 68.8 Å². The van der Waals surface area contributed by atoms with Crippen molar-refractivity contribution in [3.8, 4) is 0 Å². The molecule has 1 heterocycles. The topological polar surface area (TPSA) is 37.2 Å². The molecule has 0 saturated carbocycles. The van der Waals surface area contributed by atoms with Crippen LogP contribution in [-0.4, -0.2) is 25.6 Å². The van der Waals surface area contributed by atoms with Gasteiger partial charge in [0.1, 0.15) is 0 Å². The molecule has 2 N–H and O–H groups in total. The SMILES string of the molecule is CNC[C@@H](O)I(c1cccc(Br)c1)n1ccc2ccccc21. The van der Waals surface area contributed by atoms with Gasteiger partial charge in [-0.1, -0.05) is 0 Å². The number of halogens is 2. The molecule has 3 nitrogen and oxygen atoms in total. The Kier molecular flexibility index (Phi) is 5.18. The van der Waals surface area contributed by atoms with Gasteiger partial charge in [-0.25, -0.2) is 0 Å². The van der Waals surface area contributed by atoms with Gasteiger partial charge in [0.25, 0.3) is 0 Å². The molecule has 22 heavy (non-hydrogen) atoms. The first kappa shape index (κ1) is 16.0. The number of aliphatic hydroxyl groups excluding tert-OH is 1. The van der Waals surface area contributed by atoms with Crippen LogP contribution in [0.5, 0.6) is 0 Å². The summed E-state index contributed by atoms with van der Waals surface area (Å²) in [4.78, 5) is 0. The summed E-state index contributed by atoms with van der Waals surface area (Å²) in [6.45, 7) is 0.601. The molecule has 2 aromatic carbocycles. The number of alkyl halides is 1. The number of hydrogen-bond donors (Lipinski definition) is 2. The Bertz CT molecular complexity index is 774. The van der Waals surface area contributed by atoms with Crippen molar-refractivity contribution < 1.29 is 5.11 Å². The molecule has 0 aliphatic heterocycles. The van der Waals surface area contributed by atoms with Crippen LogP contribution in [0.4, 0.5) is 0 Å². The third kappa shape index (κ3) is 3.22. The second-order valence-corrected chi connectivity index (χ2v) is 11.2. The number of nitrogens with zero attached hydrogens (tertiary/aromatic N) is 1. The third-order valence-corrected chi connectivity index (χ3v) is 9.57. The Balaban J connectivity index is 2.13. The zero-order chi connectivity index (χ0) is 15.5.